The van der Waals surface area contributed by atoms with Crippen LogP contribution in [0, 0.1) is 23.2 Å². The average Bonchev–Trinajstić information content (AvgIpc) is 2.27. The van der Waals surface area contributed by atoms with Crippen LogP contribution < -0.4 is 0 Å². The topological polar surface area (TPSA) is 23.8 Å². The fourth-order valence-electron chi connectivity index (χ4n) is 1.77. The van der Waals surface area contributed by atoms with Gasteiger partial charge >= 0.3 is 0 Å². The van der Waals surface area contributed by atoms with Gasteiger partial charge in [0.15, 0.2) is 0 Å². The molecule has 0 aliphatic carbocycles. The molecule has 0 spiro atoms. The molecule has 16 heavy (non-hydrogen) atoms. The van der Waals surface area contributed by atoms with Crippen LogP contribution in [0.25, 0.3) is 0 Å². The Labute approximate surface area is 105 Å². The second-order valence-corrected chi connectivity index (χ2v) is 5.60. The van der Waals surface area contributed by atoms with Gasteiger partial charge in [-0.25, -0.2) is 0 Å². The van der Waals surface area contributed by atoms with Gasteiger partial charge in [-0.2, -0.15) is 17.0 Å². The largest absolute Gasteiger partial charge is 0.198 e. The zero-order chi connectivity index (χ0) is 12.4. The van der Waals surface area contributed by atoms with Crippen LogP contribution in [-0.4, -0.2) is 11.5 Å². The molecule has 0 aromatic carbocycles. The molecule has 0 rings (SSSR count). The van der Waals surface area contributed by atoms with Crippen molar-refractivity contribution in [2.45, 2.75) is 51.7 Å². The zero-order valence-corrected chi connectivity index (χ0v) is 11.9. The first-order valence-corrected chi connectivity index (χ1v) is 7.53. The number of nitriles is 1. The third kappa shape index (κ3) is 6.95. The number of hydrogen-bond acceptors (Lipinski definition) is 2. The molecule has 0 aromatic rings. The van der Waals surface area contributed by atoms with E-state index in [-0.39, 0.29) is 5.92 Å². The Kier molecular flexibility index (Phi) is 9.52. The molecule has 0 saturated heterocycles. The lowest BCUT2D eigenvalue weighted by atomic mass is 9.98. The van der Waals surface area contributed by atoms with Crippen molar-refractivity contribution in [2.24, 2.45) is 11.8 Å². The number of hydrogen-bond donors (Lipinski definition) is 0. The Hall–Kier alpha value is -0.420. The minimum Gasteiger partial charge on any atom is -0.198 e. The summed E-state index contributed by atoms with van der Waals surface area (Å²) in [5.74, 6) is 0.869. The van der Waals surface area contributed by atoms with Gasteiger partial charge in [-0.1, -0.05) is 32.9 Å². The Balaban J connectivity index is 3.84. The molecule has 0 N–H and O–H groups in total. The summed E-state index contributed by atoms with van der Waals surface area (Å²) in [6, 6.07) is 2.46. The summed E-state index contributed by atoms with van der Waals surface area (Å²) in [7, 11) is 0. The summed E-state index contributed by atoms with van der Waals surface area (Å²) in [5, 5.41) is 9.64. The molecule has 0 unspecified atom stereocenters. The van der Waals surface area contributed by atoms with Crippen LogP contribution in [0.5, 0.6) is 0 Å². The molecule has 0 aliphatic heterocycles. The number of allylic oxidation sites excluding steroid dienone is 2. The highest BCUT2D eigenvalue weighted by Crippen LogP contribution is 2.24. The molecule has 0 heterocycles. The van der Waals surface area contributed by atoms with Gasteiger partial charge < -0.3 is 0 Å². The summed E-state index contributed by atoms with van der Waals surface area (Å²) in [6.07, 6.45) is 11.0. The number of nitrogens with zero attached hydrogens (tertiary/aromatic N) is 1. The lowest BCUT2D eigenvalue weighted by Gasteiger charge is -2.17. The maximum atomic E-state index is 9.12. The van der Waals surface area contributed by atoms with Gasteiger partial charge in [-0.3, -0.25) is 0 Å². The molecular formula is C14H25NS. The van der Waals surface area contributed by atoms with Crippen molar-refractivity contribution < 1.29 is 0 Å². The molecule has 1 nitrogen and oxygen atoms in total. The highest BCUT2D eigenvalue weighted by molar-refractivity contribution is 7.99. The Morgan fingerprint density at radius 2 is 2.06 bits per heavy atom. The van der Waals surface area contributed by atoms with Crippen LogP contribution >= 0.6 is 11.8 Å². The number of thioether (sulfide) groups is 1. The van der Waals surface area contributed by atoms with E-state index in [1.54, 1.807) is 0 Å². The first-order valence-electron chi connectivity index (χ1n) is 6.24. The predicted octanol–water partition coefficient (Wildman–Crippen LogP) is 4.65. The van der Waals surface area contributed by atoms with E-state index in [1.165, 1.54) is 0 Å². The standard InChI is InChI=1S/C14H25NS/c1-5-14(16-4)13(11-15)10-8-6-7-9-12(2)3/h7,9,12-14H,5-6,8,10H2,1-4H3/b9-7-/t13-,14-/m1/s1. The van der Waals surface area contributed by atoms with Gasteiger partial charge in [0.1, 0.15) is 0 Å². The monoisotopic (exact) mass is 239 g/mol. The molecule has 0 bridgehead atoms. The summed E-state index contributed by atoms with van der Waals surface area (Å²) in [5.41, 5.74) is 0. The predicted molar refractivity (Wildman–Crippen MR) is 74.5 cm³/mol. The molecule has 0 amide bonds. The Morgan fingerprint density at radius 3 is 2.50 bits per heavy atom. The van der Waals surface area contributed by atoms with Gasteiger partial charge in [-0.05, 0) is 37.9 Å². The molecule has 92 valence electrons. The van der Waals surface area contributed by atoms with Gasteiger partial charge in [0.05, 0.1) is 12.0 Å². The third-order valence-electron chi connectivity index (χ3n) is 2.73. The highest BCUT2D eigenvalue weighted by atomic mass is 32.2. The van der Waals surface area contributed by atoms with E-state index in [2.05, 4.69) is 45.2 Å². The van der Waals surface area contributed by atoms with E-state index in [0.717, 1.165) is 25.7 Å². The van der Waals surface area contributed by atoms with Crippen LogP contribution in [0.2, 0.25) is 0 Å². The minimum atomic E-state index is 0.229. The van der Waals surface area contributed by atoms with Crippen molar-refractivity contribution in [3.05, 3.63) is 12.2 Å². The summed E-state index contributed by atoms with van der Waals surface area (Å²) in [4.78, 5) is 0. The van der Waals surface area contributed by atoms with Crippen LogP contribution in [0.4, 0.5) is 0 Å². The lowest BCUT2D eigenvalue weighted by Crippen LogP contribution is -2.14. The fraction of sp³-hybridized carbons (Fsp3) is 0.786. The van der Waals surface area contributed by atoms with E-state index in [9.17, 15) is 0 Å². The molecule has 0 aromatic heterocycles. The number of rotatable bonds is 8. The Bertz CT molecular complexity index is 223. The zero-order valence-electron chi connectivity index (χ0n) is 11.1. The normalized spacial score (nSPS) is 15.2. The Morgan fingerprint density at radius 1 is 1.38 bits per heavy atom. The number of unbranched alkanes of at least 4 members (excludes halogenated alkanes) is 1. The highest BCUT2D eigenvalue weighted by Gasteiger charge is 2.17. The van der Waals surface area contributed by atoms with Gasteiger partial charge in [0.2, 0.25) is 0 Å². The SMILES string of the molecule is CC[C@@H](SC)[C@@H](C#N)CCC/C=C\C(C)C. The molecule has 2 heteroatoms. The van der Waals surface area contributed by atoms with E-state index in [4.69, 9.17) is 5.26 Å². The molecule has 0 saturated carbocycles. The van der Waals surface area contributed by atoms with Crippen LogP contribution in [0.3, 0.4) is 0 Å². The summed E-state index contributed by atoms with van der Waals surface area (Å²) < 4.78 is 0. The minimum absolute atomic E-state index is 0.229. The quantitative estimate of drug-likeness (QED) is 0.455. The van der Waals surface area contributed by atoms with Gasteiger partial charge in [-0.15, -0.1) is 0 Å². The first-order chi connectivity index (χ1) is 7.65. The molecule has 0 aliphatic rings. The second-order valence-electron chi connectivity index (χ2n) is 4.52. The van der Waals surface area contributed by atoms with E-state index < -0.39 is 0 Å². The van der Waals surface area contributed by atoms with Crippen molar-refractivity contribution in [2.75, 3.05) is 6.26 Å². The van der Waals surface area contributed by atoms with Crippen LogP contribution in [0.1, 0.15) is 46.5 Å². The van der Waals surface area contributed by atoms with E-state index >= 15 is 0 Å². The van der Waals surface area contributed by atoms with Gasteiger partial charge in [0, 0.05) is 5.25 Å². The van der Waals surface area contributed by atoms with Crippen LogP contribution in [-0.2, 0) is 0 Å². The van der Waals surface area contributed by atoms with Crippen molar-refractivity contribution in [3.63, 3.8) is 0 Å². The molecule has 0 fully saturated rings. The second kappa shape index (κ2) is 9.78. The van der Waals surface area contributed by atoms with Crippen molar-refractivity contribution >= 4 is 11.8 Å². The summed E-state index contributed by atoms with van der Waals surface area (Å²) in [6.45, 7) is 6.55. The molecular weight excluding hydrogens is 214 g/mol. The third-order valence-corrected chi connectivity index (χ3v) is 3.99. The maximum absolute atomic E-state index is 9.12. The smallest absolute Gasteiger partial charge is 0.0667 e. The van der Waals surface area contributed by atoms with E-state index in [0.29, 0.717) is 11.2 Å². The van der Waals surface area contributed by atoms with Crippen molar-refractivity contribution in [1.29, 1.82) is 5.26 Å². The molecule has 2 atom stereocenters. The molecule has 0 radical (unpaired) electrons. The fourth-order valence-corrected chi connectivity index (χ4v) is 2.63. The van der Waals surface area contributed by atoms with Crippen LogP contribution in [0.15, 0.2) is 12.2 Å². The van der Waals surface area contributed by atoms with Crippen molar-refractivity contribution in [3.8, 4) is 6.07 Å². The van der Waals surface area contributed by atoms with Gasteiger partial charge in [0.25, 0.3) is 0 Å². The average molecular weight is 239 g/mol. The summed E-state index contributed by atoms with van der Waals surface area (Å²) >= 11 is 1.83. The van der Waals surface area contributed by atoms with E-state index in [1.807, 2.05) is 11.8 Å². The first kappa shape index (κ1) is 15.6. The lowest BCUT2D eigenvalue weighted by molar-refractivity contribution is 0.542. The van der Waals surface area contributed by atoms with Crippen molar-refractivity contribution in [1.82, 2.24) is 0 Å². The maximum Gasteiger partial charge on any atom is 0.0667 e.